The Morgan fingerprint density at radius 3 is 2.40 bits per heavy atom. The number of aliphatic carboxylic acids is 1. The Hall–Kier alpha value is -1.30. The van der Waals surface area contributed by atoms with Crippen LogP contribution in [-0.2, 0) is 9.53 Å². The Morgan fingerprint density at radius 2 is 2.00 bits per heavy atom. The minimum absolute atomic E-state index is 0.0185. The van der Waals surface area contributed by atoms with Crippen molar-refractivity contribution in [1.29, 1.82) is 0 Å². The van der Waals surface area contributed by atoms with Crippen LogP contribution in [0.25, 0.3) is 0 Å². The van der Waals surface area contributed by atoms with Crippen LogP contribution >= 0.6 is 0 Å². The molecule has 2 saturated carbocycles. The zero-order chi connectivity index (χ0) is 15.0. The van der Waals surface area contributed by atoms with Crippen LogP contribution in [-0.4, -0.2) is 41.4 Å². The van der Waals surface area contributed by atoms with Crippen molar-refractivity contribution < 1.29 is 19.4 Å². The molecule has 0 aromatic carbocycles. The van der Waals surface area contributed by atoms with Gasteiger partial charge >= 0.3 is 12.0 Å². The number of hydrogen-bond donors (Lipinski definition) is 3. The largest absolute Gasteiger partial charge is 0.480 e. The number of nitrogens with one attached hydrogen (secondary N) is 2. The Balaban J connectivity index is 1.86. The van der Waals surface area contributed by atoms with E-state index in [4.69, 9.17) is 4.74 Å². The number of hydrogen-bond acceptors (Lipinski definition) is 3. The third-order valence-corrected chi connectivity index (χ3v) is 4.82. The second-order valence-corrected chi connectivity index (χ2v) is 6.39. The molecule has 6 nitrogen and oxygen atoms in total. The molecule has 20 heavy (non-hydrogen) atoms. The monoisotopic (exact) mass is 284 g/mol. The Labute approximate surface area is 119 Å². The standard InChI is InChI=1S/C14H24N2O4/c1-4-20-10-8-9(13(10,2)3)15-12(19)16-14(11(17)18)6-5-7-14/h9-10H,4-8H2,1-3H3,(H,17,18)(H2,15,16,19). The first-order chi connectivity index (χ1) is 9.32. The molecular formula is C14H24N2O4. The van der Waals surface area contributed by atoms with Crippen molar-refractivity contribution in [3.63, 3.8) is 0 Å². The van der Waals surface area contributed by atoms with Crippen molar-refractivity contribution in [1.82, 2.24) is 10.6 Å². The summed E-state index contributed by atoms with van der Waals surface area (Å²) in [5.74, 6) is -0.945. The van der Waals surface area contributed by atoms with Gasteiger partial charge in [0.1, 0.15) is 5.54 Å². The third kappa shape index (κ3) is 2.49. The van der Waals surface area contributed by atoms with Gasteiger partial charge in [-0.1, -0.05) is 13.8 Å². The molecule has 114 valence electrons. The molecule has 0 radical (unpaired) electrons. The highest BCUT2D eigenvalue weighted by Gasteiger charge is 2.51. The number of carbonyl (C=O) groups excluding carboxylic acids is 1. The van der Waals surface area contributed by atoms with E-state index in [-0.39, 0.29) is 23.6 Å². The first kappa shape index (κ1) is 15.1. The van der Waals surface area contributed by atoms with Crippen LogP contribution in [0.1, 0.15) is 46.5 Å². The predicted octanol–water partition coefficient (Wildman–Crippen LogP) is 1.50. The van der Waals surface area contributed by atoms with Gasteiger partial charge in [0.15, 0.2) is 0 Å². The van der Waals surface area contributed by atoms with Crippen LogP contribution in [0, 0.1) is 5.41 Å². The van der Waals surface area contributed by atoms with Gasteiger partial charge in [0.2, 0.25) is 0 Å². The molecule has 2 aliphatic carbocycles. The van der Waals surface area contributed by atoms with Gasteiger partial charge in [-0.15, -0.1) is 0 Å². The molecule has 2 amide bonds. The lowest BCUT2D eigenvalue weighted by atomic mass is 9.64. The SMILES string of the molecule is CCOC1CC(NC(=O)NC2(C(=O)O)CCC2)C1(C)C. The average molecular weight is 284 g/mol. The van der Waals surface area contributed by atoms with Crippen LogP contribution < -0.4 is 10.6 Å². The van der Waals surface area contributed by atoms with Crippen molar-refractivity contribution in [2.75, 3.05) is 6.61 Å². The van der Waals surface area contributed by atoms with Crippen molar-refractivity contribution in [2.24, 2.45) is 5.41 Å². The maximum atomic E-state index is 12.0. The minimum Gasteiger partial charge on any atom is -0.480 e. The number of carbonyl (C=O) groups is 2. The first-order valence-corrected chi connectivity index (χ1v) is 7.25. The van der Waals surface area contributed by atoms with Crippen LogP contribution in [0.3, 0.4) is 0 Å². The number of ether oxygens (including phenoxy) is 1. The van der Waals surface area contributed by atoms with E-state index in [0.717, 1.165) is 12.8 Å². The van der Waals surface area contributed by atoms with Crippen molar-refractivity contribution in [3.05, 3.63) is 0 Å². The Kier molecular flexibility index (Phi) is 3.95. The van der Waals surface area contributed by atoms with E-state index in [9.17, 15) is 14.7 Å². The summed E-state index contributed by atoms with van der Waals surface area (Å²) in [6, 6.07) is -0.370. The highest BCUT2D eigenvalue weighted by atomic mass is 16.5. The van der Waals surface area contributed by atoms with E-state index in [1.807, 2.05) is 6.92 Å². The highest BCUT2D eigenvalue weighted by Crippen LogP contribution is 2.42. The summed E-state index contributed by atoms with van der Waals surface area (Å²) in [6.45, 7) is 6.72. The van der Waals surface area contributed by atoms with E-state index in [0.29, 0.717) is 19.4 Å². The van der Waals surface area contributed by atoms with Crippen LogP contribution in [0.4, 0.5) is 4.79 Å². The fourth-order valence-corrected chi connectivity index (χ4v) is 2.95. The molecule has 0 bridgehead atoms. The molecule has 6 heteroatoms. The van der Waals surface area contributed by atoms with Gasteiger partial charge in [0.25, 0.3) is 0 Å². The Bertz CT molecular complexity index is 404. The third-order valence-electron chi connectivity index (χ3n) is 4.82. The predicted molar refractivity (Wildman–Crippen MR) is 73.5 cm³/mol. The van der Waals surface area contributed by atoms with Gasteiger partial charge in [-0.3, -0.25) is 0 Å². The van der Waals surface area contributed by atoms with Crippen molar-refractivity contribution in [3.8, 4) is 0 Å². The molecule has 0 aromatic rings. The topological polar surface area (TPSA) is 87.7 Å². The van der Waals surface area contributed by atoms with Crippen molar-refractivity contribution in [2.45, 2.75) is 64.1 Å². The molecular weight excluding hydrogens is 260 g/mol. The van der Waals surface area contributed by atoms with Gasteiger partial charge < -0.3 is 20.5 Å². The van der Waals surface area contributed by atoms with Gasteiger partial charge in [-0.25, -0.2) is 9.59 Å². The lowest BCUT2D eigenvalue weighted by Crippen LogP contribution is -2.67. The summed E-state index contributed by atoms with van der Waals surface area (Å²) in [4.78, 5) is 23.2. The lowest BCUT2D eigenvalue weighted by Gasteiger charge is -2.51. The number of rotatable bonds is 5. The van der Waals surface area contributed by atoms with Gasteiger partial charge in [0, 0.05) is 18.1 Å². The fraction of sp³-hybridized carbons (Fsp3) is 0.857. The molecule has 2 fully saturated rings. The summed E-state index contributed by atoms with van der Waals surface area (Å²) in [7, 11) is 0. The fourth-order valence-electron chi connectivity index (χ4n) is 2.95. The second kappa shape index (κ2) is 5.24. The molecule has 0 spiro atoms. The number of carboxylic acid groups (broad SMARTS) is 1. The Morgan fingerprint density at radius 1 is 1.35 bits per heavy atom. The lowest BCUT2D eigenvalue weighted by molar-refractivity contribution is -0.148. The molecule has 0 aromatic heterocycles. The first-order valence-electron chi connectivity index (χ1n) is 7.25. The van der Waals surface area contributed by atoms with E-state index in [1.165, 1.54) is 0 Å². The summed E-state index contributed by atoms with van der Waals surface area (Å²) in [6.07, 6.45) is 2.77. The zero-order valence-electron chi connectivity index (χ0n) is 12.4. The van der Waals surface area contributed by atoms with E-state index in [2.05, 4.69) is 24.5 Å². The normalized spacial score (nSPS) is 29.8. The summed E-state index contributed by atoms with van der Waals surface area (Å²) in [5.41, 5.74) is -1.18. The molecule has 2 rings (SSSR count). The van der Waals surface area contributed by atoms with Crippen LogP contribution in [0.15, 0.2) is 0 Å². The molecule has 2 unspecified atom stereocenters. The van der Waals surface area contributed by atoms with Gasteiger partial charge in [-0.05, 0) is 32.6 Å². The highest BCUT2D eigenvalue weighted by molar-refractivity contribution is 5.87. The number of carboxylic acids is 1. The molecule has 3 N–H and O–H groups in total. The molecule has 0 saturated heterocycles. The maximum absolute atomic E-state index is 12.0. The number of urea groups is 1. The smallest absolute Gasteiger partial charge is 0.329 e. The van der Waals surface area contributed by atoms with E-state index < -0.39 is 11.5 Å². The van der Waals surface area contributed by atoms with Crippen molar-refractivity contribution >= 4 is 12.0 Å². The summed E-state index contributed by atoms with van der Waals surface area (Å²) in [5, 5.41) is 14.7. The summed E-state index contributed by atoms with van der Waals surface area (Å²) < 4.78 is 5.61. The maximum Gasteiger partial charge on any atom is 0.329 e. The quantitative estimate of drug-likeness (QED) is 0.714. The molecule has 2 aliphatic rings. The van der Waals surface area contributed by atoms with Gasteiger partial charge in [0.05, 0.1) is 6.10 Å². The number of amides is 2. The minimum atomic E-state index is -1.06. The molecule has 0 heterocycles. The second-order valence-electron chi connectivity index (χ2n) is 6.39. The van der Waals surface area contributed by atoms with Crippen LogP contribution in [0.2, 0.25) is 0 Å². The molecule has 0 aliphatic heterocycles. The average Bonchev–Trinajstić information content (AvgIpc) is 2.32. The van der Waals surface area contributed by atoms with E-state index in [1.54, 1.807) is 0 Å². The molecule has 2 atom stereocenters. The zero-order valence-corrected chi connectivity index (χ0v) is 12.4. The van der Waals surface area contributed by atoms with Gasteiger partial charge in [-0.2, -0.15) is 0 Å². The van der Waals surface area contributed by atoms with Crippen LogP contribution in [0.5, 0.6) is 0 Å². The van der Waals surface area contributed by atoms with E-state index >= 15 is 0 Å². The summed E-state index contributed by atoms with van der Waals surface area (Å²) >= 11 is 0.